The molecule has 3 atom stereocenters. The number of halogens is 2. The molecule has 0 aromatic heterocycles. The molecule has 0 radical (unpaired) electrons. The van der Waals surface area contributed by atoms with E-state index in [1.54, 1.807) is 12.1 Å². The first-order chi connectivity index (χ1) is 13.5. The van der Waals surface area contributed by atoms with E-state index in [2.05, 4.69) is 10.2 Å². The van der Waals surface area contributed by atoms with Crippen LogP contribution >= 0.6 is 0 Å². The van der Waals surface area contributed by atoms with E-state index in [1.807, 2.05) is 4.90 Å². The quantitative estimate of drug-likeness (QED) is 0.790. The Morgan fingerprint density at radius 2 is 2.11 bits per heavy atom. The van der Waals surface area contributed by atoms with Crippen LogP contribution in [0.25, 0.3) is 0 Å². The summed E-state index contributed by atoms with van der Waals surface area (Å²) in [5.74, 6) is -0.141. The van der Waals surface area contributed by atoms with Gasteiger partial charge in [0.15, 0.2) is 0 Å². The van der Waals surface area contributed by atoms with Crippen molar-refractivity contribution >= 4 is 23.4 Å². The number of ether oxygens (including phenoxy) is 1. The number of hydrogen-bond acceptors (Lipinski definition) is 5. The average Bonchev–Trinajstić information content (AvgIpc) is 3.18. The highest BCUT2D eigenvalue weighted by Crippen LogP contribution is 2.36. The highest BCUT2D eigenvalue weighted by atomic mass is 19.1. The Morgan fingerprint density at radius 1 is 1.29 bits per heavy atom. The maximum Gasteiger partial charge on any atom is 0.414 e. The number of cyclic esters (lactones) is 1. The zero-order chi connectivity index (χ0) is 19.8. The molecule has 3 aliphatic rings. The van der Waals surface area contributed by atoms with Crippen LogP contribution < -0.4 is 15.1 Å². The molecule has 3 heterocycles. The number of fused-ring (bicyclic) bond motifs is 1. The van der Waals surface area contributed by atoms with E-state index < -0.39 is 18.0 Å². The number of carbonyl (C=O) groups is 2. The van der Waals surface area contributed by atoms with Crippen LogP contribution in [0, 0.1) is 11.7 Å². The van der Waals surface area contributed by atoms with Crippen molar-refractivity contribution in [1.82, 2.24) is 10.2 Å². The summed E-state index contributed by atoms with van der Waals surface area (Å²) in [6.45, 7) is 4.26. The van der Waals surface area contributed by atoms with Gasteiger partial charge in [0.05, 0.1) is 24.5 Å². The molecule has 9 heteroatoms. The summed E-state index contributed by atoms with van der Waals surface area (Å²) in [4.78, 5) is 28.6. The minimum atomic E-state index is -0.552. The molecule has 152 valence electrons. The number of anilines is 2. The summed E-state index contributed by atoms with van der Waals surface area (Å²) in [6, 6.07) is 5.03. The molecule has 0 unspecified atom stereocenters. The molecule has 3 aliphatic heterocycles. The van der Waals surface area contributed by atoms with Crippen molar-refractivity contribution in [3.8, 4) is 0 Å². The molecular weight excluding hydrogens is 370 g/mol. The van der Waals surface area contributed by atoms with Crippen molar-refractivity contribution in [2.45, 2.75) is 19.1 Å². The van der Waals surface area contributed by atoms with E-state index in [-0.39, 0.29) is 31.7 Å². The predicted octanol–water partition coefficient (Wildman–Crippen LogP) is 1.38. The third-order valence-electron chi connectivity index (χ3n) is 5.75. The van der Waals surface area contributed by atoms with Crippen molar-refractivity contribution in [3.05, 3.63) is 24.0 Å². The van der Waals surface area contributed by atoms with Crippen LogP contribution in [-0.2, 0) is 9.53 Å². The molecule has 4 rings (SSSR count). The number of nitrogens with one attached hydrogen (secondary N) is 1. The fourth-order valence-corrected chi connectivity index (χ4v) is 4.32. The lowest BCUT2D eigenvalue weighted by Gasteiger charge is -2.42. The summed E-state index contributed by atoms with van der Waals surface area (Å²) in [5.41, 5.74) is 0.929. The molecule has 2 amide bonds. The minimum Gasteiger partial charge on any atom is -0.442 e. The summed E-state index contributed by atoms with van der Waals surface area (Å²) >= 11 is 0. The standard InChI is InChI=1S/C19H24F2N4O3/c1-12(26)22-7-15-10-25(19(27)28-15)14-2-3-17(16(21)6-14)24-9-13-8-23(5-4-20)18(13)11-24/h2-3,6,13,15,18H,4-5,7-11H2,1H3,(H,22,26)/t13-,15-,18+/m0/s1. The Morgan fingerprint density at radius 3 is 2.82 bits per heavy atom. The smallest absolute Gasteiger partial charge is 0.414 e. The second-order valence-corrected chi connectivity index (χ2v) is 7.61. The Bertz CT molecular complexity index is 778. The van der Waals surface area contributed by atoms with Crippen molar-refractivity contribution in [2.24, 2.45) is 5.92 Å². The number of amides is 2. The van der Waals surface area contributed by atoms with Crippen LogP contribution in [0.4, 0.5) is 25.0 Å². The lowest BCUT2D eigenvalue weighted by Crippen LogP contribution is -2.56. The van der Waals surface area contributed by atoms with Crippen LogP contribution in [-0.4, -0.2) is 75.0 Å². The predicted molar refractivity (Wildman–Crippen MR) is 99.7 cm³/mol. The van der Waals surface area contributed by atoms with Gasteiger partial charge in [-0.05, 0) is 18.2 Å². The highest BCUT2D eigenvalue weighted by Gasteiger charge is 2.45. The van der Waals surface area contributed by atoms with Gasteiger partial charge in [0.25, 0.3) is 0 Å². The maximum atomic E-state index is 14.8. The molecule has 0 aliphatic carbocycles. The van der Waals surface area contributed by atoms with Crippen molar-refractivity contribution in [1.29, 1.82) is 0 Å². The van der Waals surface area contributed by atoms with Gasteiger partial charge in [-0.15, -0.1) is 0 Å². The molecule has 1 aromatic rings. The van der Waals surface area contributed by atoms with Crippen molar-refractivity contribution in [3.63, 3.8) is 0 Å². The van der Waals surface area contributed by atoms with Crippen LogP contribution in [0.15, 0.2) is 18.2 Å². The van der Waals surface area contributed by atoms with Crippen LogP contribution in [0.2, 0.25) is 0 Å². The summed E-state index contributed by atoms with van der Waals surface area (Å²) in [5, 5.41) is 2.61. The molecule has 0 saturated carbocycles. The number of likely N-dealkylation sites (tertiary alicyclic amines) is 1. The Hall–Kier alpha value is -2.42. The Kier molecular flexibility index (Phi) is 5.09. The van der Waals surface area contributed by atoms with E-state index >= 15 is 0 Å². The zero-order valence-corrected chi connectivity index (χ0v) is 15.7. The molecule has 1 aromatic carbocycles. The summed E-state index contributed by atoms with van der Waals surface area (Å²) in [7, 11) is 0. The average molecular weight is 394 g/mol. The van der Waals surface area contributed by atoms with Gasteiger partial charge in [-0.25, -0.2) is 13.6 Å². The van der Waals surface area contributed by atoms with Crippen molar-refractivity contribution in [2.75, 3.05) is 55.7 Å². The first-order valence-electron chi connectivity index (χ1n) is 9.53. The molecule has 7 nitrogen and oxygen atoms in total. The maximum absolute atomic E-state index is 14.8. The van der Waals surface area contributed by atoms with Gasteiger partial charge in [-0.2, -0.15) is 0 Å². The lowest BCUT2D eigenvalue weighted by atomic mass is 9.92. The van der Waals surface area contributed by atoms with E-state index in [1.165, 1.54) is 17.9 Å². The van der Waals surface area contributed by atoms with Crippen LogP contribution in [0.5, 0.6) is 0 Å². The largest absolute Gasteiger partial charge is 0.442 e. The molecule has 28 heavy (non-hydrogen) atoms. The number of hydrogen-bond donors (Lipinski definition) is 1. The number of nitrogens with zero attached hydrogens (tertiary/aromatic N) is 3. The Labute approximate surface area is 162 Å². The zero-order valence-electron chi connectivity index (χ0n) is 15.7. The molecule has 0 spiro atoms. The third kappa shape index (κ3) is 3.50. The van der Waals surface area contributed by atoms with Gasteiger partial charge in [-0.1, -0.05) is 0 Å². The van der Waals surface area contributed by atoms with E-state index in [0.717, 1.165) is 13.1 Å². The fourth-order valence-electron chi connectivity index (χ4n) is 4.32. The van der Waals surface area contributed by atoms with Gasteiger partial charge in [0.1, 0.15) is 18.6 Å². The van der Waals surface area contributed by atoms with Gasteiger partial charge in [0.2, 0.25) is 5.91 Å². The summed E-state index contributed by atoms with van der Waals surface area (Å²) in [6.07, 6.45) is -1.02. The second kappa shape index (κ2) is 7.54. The van der Waals surface area contributed by atoms with E-state index in [0.29, 0.717) is 30.4 Å². The van der Waals surface area contributed by atoms with E-state index in [4.69, 9.17) is 4.74 Å². The molecule has 3 fully saturated rings. The molecule has 3 saturated heterocycles. The number of alkyl halides is 1. The second-order valence-electron chi connectivity index (χ2n) is 7.61. The van der Waals surface area contributed by atoms with E-state index in [9.17, 15) is 18.4 Å². The van der Waals surface area contributed by atoms with Gasteiger partial charge < -0.3 is 15.0 Å². The highest BCUT2D eigenvalue weighted by molar-refractivity contribution is 5.90. The third-order valence-corrected chi connectivity index (χ3v) is 5.75. The number of rotatable bonds is 6. The fraction of sp³-hybridized carbons (Fsp3) is 0.579. The molecule has 1 N–H and O–H groups in total. The van der Waals surface area contributed by atoms with Gasteiger partial charge in [-0.3, -0.25) is 14.6 Å². The monoisotopic (exact) mass is 394 g/mol. The normalized spacial score (nSPS) is 26.8. The van der Waals surface area contributed by atoms with Crippen LogP contribution in [0.1, 0.15) is 6.92 Å². The van der Waals surface area contributed by atoms with Gasteiger partial charge >= 0.3 is 6.09 Å². The Balaban J connectivity index is 1.41. The first kappa shape index (κ1) is 18.9. The van der Waals surface area contributed by atoms with Crippen LogP contribution in [0.3, 0.4) is 0 Å². The topological polar surface area (TPSA) is 65.1 Å². The lowest BCUT2D eigenvalue weighted by molar-refractivity contribution is -0.119. The van der Waals surface area contributed by atoms with Crippen molar-refractivity contribution < 1.29 is 23.1 Å². The first-order valence-corrected chi connectivity index (χ1v) is 9.53. The van der Waals surface area contributed by atoms with Gasteiger partial charge in [0, 0.05) is 45.1 Å². The minimum absolute atomic E-state index is 0.199. The SMILES string of the molecule is CC(=O)NC[C@H]1CN(c2ccc(N3C[C@@H]4CN(CCF)[C@@H]4C3)c(F)c2)C(=O)O1. The number of benzene rings is 1. The molecule has 0 bridgehead atoms. The summed E-state index contributed by atoms with van der Waals surface area (Å²) < 4.78 is 32.6. The molecular formula is C19H24F2N4O3. The number of carbonyl (C=O) groups excluding carboxylic acids is 2.